The molecule has 0 saturated carbocycles. The van der Waals surface area contributed by atoms with E-state index in [-0.39, 0.29) is 23.3 Å². The Balaban J connectivity index is 1.85. The molecule has 208 valence electrons. The minimum atomic E-state index is -0.496. The van der Waals surface area contributed by atoms with E-state index in [1.54, 1.807) is 12.1 Å². The summed E-state index contributed by atoms with van der Waals surface area (Å²) in [4.78, 5) is 41.8. The molecule has 1 heterocycles. The Morgan fingerprint density at radius 1 is 0.875 bits per heavy atom. The van der Waals surface area contributed by atoms with Crippen molar-refractivity contribution in [2.24, 2.45) is 0 Å². The highest BCUT2D eigenvalue weighted by atomic mass is 32.2. The van der Waals surface area contributed by atoms with Gasteiger partial charge in [-0.15, -0.1) is 0 Å². The number of rotatable bonds is 5. The fraction of sp³-hybridized carbons (Fsp3) is 0.303. The summed E-state index contributed by atoms with van der Waals surface area (Å²) in [5.74, 6) is -0.653. The average Bonchev–Trinajstić information content (AvgIpc) is 2.90. The number of anilines is 1. The minimum Gasteiger partial charge on any atom is -0.468 e. The predicted octanol–water partition coefficient (Wildman–Crippen LogP) is 7.15. The molecule has 0 unspecified atom stereocenters. The number of carbonyl (C=O) groups is 3. The van der Waals surface area contributed by atoms with Gasteiger partial charge < -0.3 is 9.47 Å². The molecule has 0 N–H and O–H groups in total. The number of amides is 1. The molecule has 1 aliphatic rings. The SMILES string of the molecule is COC(=O)CN1C(=O)/C(=C/c2cc(C(C)(C)C)c(OC(=O)c3ccccc3)c(C(C)(C)C)c2)Sc2ccccc21. The van der Waals surface area contributed by atoms with Crippen LogP contribution < -0.4 is 9.64 Å². The van der Waals surface area contributed by atoms with Crippen LogP contribution in [-0.4, -0.2) is 31.5 Å². The molecule has 3 aromatic rings. The molecule has 40 heavy (non-hydrogen) atoms. The maximum atomic E-state index is 13.6. The van der Waals surface area contributed by atoms with E-state index >= 15 is 0 Å². The summed E-state index contributed by atoms with van der Waals surface area (Å²) in [5.41, 5.74) is 2.94. The van der Waals surface area contributed by atoms with Gasteiger partial charge in [0.2, 0.25) is 0 Å². The van der Waals surface area contributed by atoms with Crippen molar-refractivity contribution in [2.45, 2.75) is 57.3 Å². The average molecular weight is 558 g/mol. The van der Waals surface area contributed by atoms with Gasteiger partial charge in [0.25, 0.3) is 5.91 Å². The summed E-state index contributed by atoms with van der Waals surface area (Å²) in [6.45, 7) is 12.2. The van der Waals surface area contributed by atoms with Crippen LogP contribution in [0.3, 0.4) is 0 Å². The molecule has 1 aliphatic heterocycles. The number of esters is 2. The summed E-state index contributed by atoms with van der Waals surface area (Å²) in [7, 11) is 1.31. The largest absolute Gasteiger partial charge is 0.468 e. The quantitative estimate of drug-likeness (QED) is 0.188. The first-order valence-corrected chi connectivity index (χ1v) is 13.9. The zero-order valence-corrected chi connectivity index (χ0v) is 24.8. The van der Waals surface area contributed by atoms with Crippen molar-refractivity contribution in [1.29, 1.82) is 0 Å². The van der Waals surface area contributed by atoms with E-state index < -0.39 is 11.9 Å². The van der Waals surface area contributed by atoms with Crippen molar-refractivity contribution in [3.63, 3.8) is 0 Å². The van der Waals surface area contributed by atoms with Crippen molar-refractivity contribution >= 4 is 41.4 Å². The number of thioether (sulfide) groups is 1. The van der Waals surface area contributed by atoms with E-state index in [0.29, 0.717) is 21.9 Å². The van der Waals surface area contributed by atoms with Gasteiger partial charge in [0.05, 0.1) is 23.3 Å². The first-order chi connectivity index (χ1) is 18.8. The number of methoxy groups -OCH3 is 1. The van der Waals surface area contributed by atoms with Crippen LogP contribution in [0, 0.1) is 0 Å². The number of carbonyl (C=O) groups excluding carboxylic acids is 3. The fourth-order valence-corrected chi connectivity index (χ4v) is 5.51. The van der Waals surface area contributed by atoms with E-state index in [9.17, 15) is 14.4 Å². The topological polar surface area (TPSA) is 72.9 Å². The number of hydrogen-bond acceptors (Lipinski definition) is 6. The normalized spacial score (nSPS) is 14.6. The van der Waals surface area contributed by atoms with Gasteiger partial charge in [0.1, 0.15) is 12.3 Å². The Hall–Kier alpha value is -3.84. The number of para-hydroxylation sites is 1. The van der Waals surface area contributed by atoms with E-state index in [2.05, 4.69) is 41.5 Å². The fourth-order valence-electron chi connectivity index (χ4n) is 4.45. The van der Waals surface area contributed by atoms with Gasteiger partial charge in [-0.1, -0.05) is 83.6 Å². The third-order valence-electron chi connectivity index (χ3n) is 6.58. The van der Waals surface area contributed by atoms with E-state index in [1.807, 2.05) is 60.7 Å². The smallest absolute Gasteiger partial charge is 0.343 e. The molecule has 3 aromatic carbocycles. The Kier molecular flexibility index (Phi) is 8.26. The van der Waals surface area contributed by atoms with Gasteiger partial charge in [-0.05, 0) is 58.9 Å². The molecule has 0 aromatic heterocycles. The lowest BCUT2D eigenvalue weighted by atomic mass is 9.78. The molecule has 0 fully saturated rings. The third kappa shape index (κ3) is 6.31. The molecule has 6 nitrogen and oxygen atoms in total. The number of nitrogens with zero attached hydrogens (tertiary/aromatic N) is 1. The van der Waals surface area contributed by atoms with E-state index in [0.717, 1.165) is 21.6 Å². The van der Waals surface area contributed by atoms with Crippen molar-refractivity contribution in [3.05, 3.63) is 93.9 Å². The van der Waals surface area contributed by atoms with Gasteiger partial charge in [-0.25, -0.2) is 4.79 Å². The number of benzene rings is 3. The van der Waals surface area contributed by atoms with Gasteiger partial charge >= 0.3 is 11.9 Å². The zero-order valence-electron chi connectivity index (χ0n) is 24.0. The maximum absolute atomic E-state index is 13.6. The summed E-state index contributed by atoms with van der Waals surface area (Å²) < 4.78 is 11.0. The summed E-state index contributed by atoms with van der Waals surface area (Å²) in [6, 6.07) is 20.4. The van der Waals surface area contributed by atoms with Crippen LogP contribution in [0.2, 0.25) is 0 Å². The molecule has 0 saturated heterocycles. The highest BCUT2D eigenvalue weighted by molar-refractivity contribution is 8.04. The second-order valence-electron chi connectivity index (χ2n) is 11.7. The van der Waals surface area contributed by atoms with Crippen LogP contribution in [0.4, 0.5) is 5.69 Å². The summed E-state index contributed by atoms with van der Waals surface area (Å²) >= 11 is 1.37. The van der Waals surface area contributed by atoms with Crippen LogP contribution in [0.1, 0.15) is 68.6 Å². The lowest BCUT2D eigenvalue weighted by molar-refractivity contribution is -0.139. The molecule has 0 radical (unpaired) electrons. The second-order valence-corrected chi connectivity index (χ2v) is 12.8. The number of ether oxygens (including phenoxy) is 2. The minimum absolute atomic E-state index is 0.181. The van der Waals surface area contributed by atoms with E-state index in [1.165, 1.54) is 23.8 Å². The van der Waals surface area contributed by atoms with Gasteiger partial charge in [0, 0.05) is 16.0 Å². The van der Waals surface area contributed by atoms with Crippen molar-refractivity contribution in [2.75, 3.05) is 18.6 Å². The Bertz CT molecular complexity index is 1440. The third-order valence-corrected chi connectivity index (χ3v) is 7.65. The van der Waals surface area contributed by atoms with Gasteiger partial charge in [-0.3, -0.25) is 14.5 Å². The highest BCUT2D eigenvalue weighted by Gasteiger charge is 2.32. The molecule has 7 heteroatoms. The lowest BCUT2D eigenvalue weighted by Gasteiger charge is -2.31. The summed E-state index contributed by atoms with van der Waals surface area (Å²) in [5, 5.41) is 0. The predicted molar refractivity (Wildman–Crippen MR) is 160 cm³/mol. The van der Waals surface area contributed by atoms with Crippen molar-refractivity contribution in [1.82, 2.24) is 0 Å². The molecule has 0 spiro atoms. The van der Waals surface area contributed by atoms with Crippen LogP contribution >= 0.6 is 11.8 Å². The highest BCUT2D eigenvalue weighted by Crippen LogP contribution is 2.44. The molecule has 0 aliphatic carbocycles. The molecule has 4 rings (SSSR count). The standard InChI is InChI=1S/C33H35NO5S/c1-32(2,3)23-17-21(18-24(33(4,5)6)29(23)39-31(37)22-13-9-8-10-14-22)19-27-30(36)34(20-28(35)38-7)25-15-11-12-16-26(25)40-27/h8-19H,20H2,1-7H3/b27-19-. The molecular weight excluding hydrogens is 522 g/mol. The Morgan fingerprint density at radius 3 is 2.02 bits per heavy atom. The first kappa shape index (κ1) is 29.2. The maximum Gasteiger partial charge on any atom is 0.343 e. The number of fused-ring (bicyclic) bond motifs is 1. The van der Waals surface area contributed by atoms with Crippen LogP contribution in [-0.2, 0) is 25.2 Å². The molecule has 0 atom stereocenters. The van der Waals surface area contributed by atoms with Crippen molar-refractivity contribution in [3.8, 4) is 5.75 Å². The van der Waals surface area contributed by atoms with Crippen LogP contribution in [0.25, 0.3) is 6.08 Å². The van der Waals surface area contributed by atoms with Gasteiger partial charge in [0.15, 0.2) is 0 Å². The van der Waals surface area contributed by atoms with E-state index in [4.69, 9.17) is 9.47 Å². The Labute approximate surface area is 240 Å². The molecule has 0 bridgehead atoms. The monoisotopic (exact) mass is 557 g/mol. The van der Waals surface area contributed by atoms with Crippen LogP contribution in [0.15, 0.2) is 76.5 Å². The second kappa shape index (κ2) is 11.3. The molecule has 1 amide bonds. The zero-order chi connectivity index (χ0) is 29.2. The summed E-state index contributed by atoms with van der Waals surface area (Å²) in [6.07, 6.45) is 1.85. The van der Waals surface area contributed by atoms with Gasteiger partial charge in [-0.2, -0.15) is 0 Å². The number of hydrogen-bond donors (Lipinski definition) is 0. The first-order valence-electron chi connectivity index (χ1n) is 13.1. The Morgan fingerprint density at radius 2 is 1.45 bits per heavy atom. The lowest BCUT2D eigenvalue weighted by Crippen LogP contribution is -2.38. The molecular formula is C33H35NO5S. The van der Waals surface area contributed by atoms with Crippen LogP contribution in [0.5, 0.6) is 5.75 Å². The van der Waals surface area contributed by atoms with Crippen molar-refractivity contribution < 1.29 is 23.9 Å².